The van der Waals surface area contributed by atoms with Crippen molar-refractivity contribution >= 4 is 29.1 Å². The molecule has 0 amide bonds. The molecule has 0 aliphatic heterocycles. The molecule has 21 heavy (non-hydrogen) atoms. The standard InChI is InChI=1S/C13H17N3O3S2/c1-7(2)4-10-15-11(19-16-10)6-20-13-14-8(3)9(21-13)5-12(17)18/h7H,4-6H2,1-3H3,(H,17,18). The Hall–Kier alpha value is -1.41. The Morgan fingerprint density at radius 1 is 1.43 bits per heavy atom. The Morgan fingerprint density at radius 2 is 2.19 bits per heavy atom. The van der Waals surface area contributed by atoms with Crippen LogP contribution in [0.1, 0.15) is 36.1 Å². The summed E-state index contributed by atoms with van der Waals surface area (Å²) >= 11 is 2.89. The first-order valence-electron chi connectivity index (χ1n) is 6.56. The molecule has 0 atom stereocenters. The van der Waals surface area contributed by atoms with Gasteiger partial charge >= 0.3 is 5.97 Å². The number of hydrogen-bond donors (Lipinski definition) is 1. The largest absolute Gasteiger partial charge is 0.481 e. The third-order valence-corrected chi connectivity index (χ3v) is 4.89. The van der Waals surface area contributed by atoms with E-state index in [0.717, 1.165) is 27.2 Å². The molecule has 0 aliphatic rings. The summed E-state index contributed by atoms with van der Waals surface area (Å²) in [4.78, 5) is 20.2. The monoisotopic (exact) mass is 327 g/mol. The Balaban J connectivity index is 1.93. The summed E-state index contributed by atoms with van der Waals surface area (Å²) in [6.07, 6.45) is 0.816. The molecular formula is C13H17N3O3S2. The van der Waals surface area contributed by atoms with Crippen molar-refractivity contribution in [2.75, 3.05) is 0 Å². The normalized spacial score (nSPS) is 11.2. The summed E-state index contributed by atoms with van der Waals surface area (Å²) in [5.41, 5.74) is 0.774. The molecule has 1 N–H and O–H groups in total. The van der Waals surface area contributed by atoms with Gasteiger partial charge in [-0.3, -0.25) is 4.79 Å². The summed E-state index contributed by atoms with van der Waals surface area (Å²) in [7, 11) is 0. The van der Waals surface area contributed by atoms with Crippen molar-refractivity contribution in [1.29, 1.82) is 0 Å². The minimum atomic E-state index is -0.839. The van der Waals surface area contributed by atoms with Crippen LogP contribution >= 0.6 is 23.1 Å². The number of aryl methyl sites for hydroxylation is 1. The fourth-order valence-electron chi connectivity index (χ4n) is 1.68. The smallest absolute Gasteiger partial charge is 0.308 e. The van der Waals surface area contributed by atoms with Crippen molar-refractivity contribution in [2.45, 2.75) is 43.7 Å². The van der Waals surface area contributed by atoms with Crippen molar-refractivity contribution in [3.63, 3.8) is 0 Å². The summed E-state index contributed by atoms with van der Waals surface area (Å²) in [5, 5.41) is 12.8. The van der Waals surface area contributed by atoms with E-state index in [9.17, 15) is 4.79 Å². The van der Waals surface area contributed by atoms with E-state index in [1.165, 1.54) is 23.1 Å². The first-order chi connectivity index (χ1) is 9.94. The van der Waals surface area contributed by atoms with Gasteiger partial charge in [-0.05, 0) is 12.8 Å². The van der Waals surface area contributed by atoms with Crippen molar-refractivity contribution in [1.82, 2.24) is 15.1 Å². The first-order valence-corrected chi connectivity index (χ1v) is 8.36. The van der Waals surface area contributed by atoms with E-state index < -0.39 is 5.97 Å². The number of rotatable bonds is 7. The highest BCUT2D eigenvalue weighted by atomic mass is 32.2. The predicted octanol–water partition coefficient (Wildman–Crippen LogP) is 2.95. The van der Waals surface area contributed by atoms with Crippen molar-refractivity contribution in [2.24, 2.45) is 5.92 Å². The zero-order valence-electron chi connectivity index (χ0n) is 12.1. The molecule has 2 aromatic rings. The van der Waals surface area contributed by atoms with Crippen LogP contribution in [0.15, 0.2) is 8.86 Å². The average molecular weight is 327 g/mol. The Morgan fingerprint density at radius 3 is 2.86 bits per heavy atom. The summed E-state index contributed by atoms with van der Waals surface area (Å²) in [5.74, 6) is 1.49. The molecule has 2 aromatic heterocycles. The predicted molar refractivity (Wildman–Crippen MR) is 80.6 cm³/mol. The van der Waals surface area contributed by atoms with E-state index in [0.29, 0.717) is 17.6 Å². The zero-order chi connectivity index (χ0) is 15.4. The zero-order valence-corrected chi connectivity index (χ0v) is 13.8. The lowest BCUT2D eigenvalue weighted by molar-refractivity contribution is -0.136. The van der Waals surface area contributed by atoms with Crippen LogP contribution in [0.3, 0.4) is 0 Å². The Labute approximate surface area is 131 Å². The van der Waals surface area contributed by atoms with Crippen molar-refractivity contribution < 1.29 is 14.4 Å². The summed E-state index contributed by atoms with van der Waals surface area (Å²) < 4.78 is 6.02. The van der Waals surface area contributed by atoms with Gasteiger partial charge < -0.3 is 9.63 Å². The first kappa shape index (κ1) is 16.0. The average Bonchev–Trinajstić information content (AvgIpc) is 2.93. The molecule has 0 aromatic carbocycles. The topological polar surface area (TPSA) is 89.1 Å². The molecule has 0 fully saturated rings. The van der Waals surface area contributed by atoms with Gasteiger partial charge in [0.1, 0.15) is 0 Å². The maximum atomic E-state index is 10.7. The number of aliphatic carboxylic acids is 1. The molecule has 0 saturated heterocycles. The molecule has 8 heteroatoms. The highest BCUT2D eigenvalue weighted by Crippen LogP contribution is 2.29. The van der Waals surface area contributed by atoms with Gasteiger partial charge in [-0.2, -0.15) is 4.98 Å². The highest BCUT2D eigenvalue weighted by molar-refractivity contribution is 8.00. The number of nitrogens with zero attached hydrogens (tertiary/aromatic N) is 3. The second-order valence-corrected chi connectivity index (χ2v) is 7.36. The maximum absolute atomic E-state index is 10.7. The van der Waals surface area contributed by atoms with Gasteiger partial charge in [-0.1, -0.05) is 30.8 Å². The van der Waals surface area contributed by atoms with Gasteiger partial charge in [0.2, 0.25) is 5.89 Å². The maximum Gasteiger partial charge on any atom is 0.308 e. The number of thiazole rings is 1. The van der Waals surface area contributed by atoms with Crippen LogP contribution in [-0.2, 0) is 23.4 Å². The molecule has 0 radical (unpaired) electrons. The highest BCUT2D eigenvalue weighted by Gasteiger charge is 2.13. The van der Waals surface area contributed by atoms with E-state index in [4.69, 9.17) is 9.63 Å². The summed E-state index contributed by atoms with van der Waals surface area (Å²) in [6, 6.07) is 0. The second-order valence-electron chi connectivity index (χ2n) is 5.05. The van der Waals surface area contributed by atoms with Gasteiger partial charge in [-0.15, -0.1) is 11.3 Å². The van der Waals surface area contributed by atoms with Crippen LogP contribution in [0.5, 0.6) is 0 Å². The molecule has 2 heterocycles. The third-order valence-electron chi connectivity index (χ3n) is 2.60. The third kappa shape index (κ3) is 4.82. The number of carbonyl (C=O) groups is 1. The van der Waals surface area contributed by atoms with Gasteiger partial charge in [-0.25, -0.2) is 4.98 Å². The molecule has 0 aliphatic carbocycles. The van der Waals surface area contributed by atoms with Gasteiger partial charge in [0.15, 0.2) is 10.2 Å². The lowest BCUT2D eigenvalue weighted by Crippen LogP contribution is -1.99. The Kier molecular flexibility index (Phi) is 5.35. The molecule has 0 spiro atoms. The van der Waals surface area contributed by atoms with Crippen molar-refractivity contribution in [3.8, 4) is 0 Å². The number of hydrogen-bond acceptors (Lipinski definition) is 7. The van der Waals surface area contributed by atoms with E-state index in [-0.39, 0.29) is 6.42 Å². The quantitative estimate of drug-likeness (QED) is 0.782. The van der Waals surface area contributed by atoms with Crippen LogP contribution in [0.4, 0.5) is 0 Å². The van der Waals surface area contributed by atoms with Gasteiger partial charge in [0.25, 0.3) is 0 Å². The molecule has 114 valence electrons. The lowest BCUT2D eigenvalue weighted by atomic mass is 10.1. The van der Waals surface area contributed by atoms with E-state index >= 15 is 0 Å². The molecular weight excluding hydrogens is 310 g/mol. The van der Waals surface area contributed by atoms with E-state index in [1.807, 2.05) is 6.92 Å². The minimum absolute atomic E-state index is 0.0170. The van der Waals surface area contributed by atoms with Crippen LogP contribution in [0.25, 0.3) is 0 Å². The van der Waals surface area contributed by atoms with Crippen LogP contribution in [-0.4, -0.2) is 26.2 Å². The molecule has 6 nitrogen and oxygen atoms in total. The summed E-state index contributed by atoms with van der Waals surface area (Å²) in [6.45, 7) is 6.03. The number of carboxylic acid groups (broad SMARTS) is 1. The lowest BCUT2D eigenvalue weighted by Gasteiger charge is -1.96. The number of carboxylic acids is 1. The number of aromatic nitrogens is 3. The molecule has 0 bridgehead atoms. The second kappa shape index (κ2) is 7.04. The van der Waals surface area contributed by atoms with Gasteiger partial charge in [0, 0.05) is 11.3 Å². The number of thioether (sulfide) groups is 1. The van der Waals surface area contributed by atoms with Crippen LogP contribution in [0.2, 0.25) is 0 Å². The van der Waals surface area contributed by atoms with Gasteiger partial charge in [0.05, 0.1) is 17.9 Å². The fraction of sp³-hybridized carbons (Fsp3) is 0.538. The van der Waals surface area contributed by atoms with Crippen LogP contribution in [0, 0.1) is 12.8 Å². The fourth-order valence-corrected chi connectivity index (χ4v) is 3.75. The van der Waals surface area contributed by atoms with Crippen molar-refractivity contribution in [3.05, 3.63) is 22.3 Å². The minimum Gasteiger partial charge on any atom is -0.481 e. The molecule has 2 rings (SSSR count). The Bertz CT molecular complexity index is 622. The van der Waals surface area contributed by atoms with E-state index in [2.05, 4.69) is 29.0 Å². The molecule has 0 unspecified atom stereocenters. The van der Waals surface area contributed by atoms with Crippen LogP contribution < -0.4 is 0 Å². The van der Waals surface area contributed by atoms with E-state index in [1.54, 1.807) is 0 Å². The SMILES string of the molecule is Cc1nc(SCc2nc(CC(C)C)no2)sc1CC(=O)O. The molecule has 0 saturated carbocycles.